The van der Waals surface area contributed by atoms with E-state index < -0.39 is 0 Å². The van der Waals surface area contributed by atoms with Crippen LogP contribution in [0.1, 0.15) is 46.6 Å². The first-order chi connectivity index (χ1) is 10.7. The molecule has 0 saturated carbocycles. The maximum atomic E-state index is 11.4. The minimum absolute atomic E-state index is 0.152. The number of carbonyl (C=O) groups excluding carboxylic acids is 1. The Labute approximate surface area is 135 Å². The molecular formula is C18H21NO2S. The van der Waals surface area contributed by atoms with E-state index in [0.717, 1.165) is 30.1 Å². The monoisotopic (exact) mass is 315 g/mol. The molecule has 2 aromatic rings. The first-order valence-corrected chi connectivity index (χ1v) is 8.52. The molecule has 116 valence electrons. The number of para-hydroxylation sites is 1. The molecule has 1 unspecified atom stereocenters. The van der Waals surface area contributed by atoms with Gasteiger partial charge in [-0.15, -0.1) is 11.3 Å². The van der Waals surface area contributed by atoms with Crippen molar-refractivity contribution in [3.63, 3.8) is 0 Å². The molecule has 1 aromatic carbocycles. The number of ketones is 1. The minimum Gasteiger partial charge on any atom is -0.496 e. The van der Waals surface area contributed by atoms with Crippen molar-refractivity contribution in [1.82, 2.24) is 4.90 Å². The summed E-state index contributed by atoms with van der Waals surface area (Å²) < 4.78 is 5.52. The van der Waals surface area contributed by atoms with Crippen LogP contribution in [0.15, 0.2) is 35.7 Å². The highest BCUT2D eigenvalue weighted by Gasteiger charge is 2.28. The molecule has 1 fully saturated rings. The molecule has 1 aromatic heterocycles. The number of Topliss-reactive ketones (excluding diaryl/α,β-unsaturated/α-hetero) is 1. The Hall–Kier alpha value is -1.65. The molecule has 0 N–H and O–H groups in total. The molecule has 4 heteroatoms. The molecule has 1 aliphatic heterocycles. The van der Waals surface area contributed by atoms with Crippen molar-refractivity contribution in [2.45, 2.75) is 32.4 Å². The number of ether oxygens (including phenoxy) is 1. The summed E-state index contributed by atoms with van der Waals surface area (Å²) in [6.45, 7) is 3.61. The lowest BCUT2D eigenvalue weighted by Gasteiger charge is -2.25. The number of thiophene rings is 1. The van der Waals surface area contributed by atoms with Crippen molar-refractivity contribution < 1.29 is 9.53 Å². The first-order valence-electron chi connectivity index (χ1n) is 7.64. The summed E-state index contributed by atoms with van der Waals surface area (Å²) >= 11 is 1.54. The average Bonchev–Trinajstić information content (AvgIpc) is 3.17. The lowest BCUT2D eigenvalue weighted by Crippen LogP contribution is -2.22. The van der Waals surface area contributed by atoms with Crippen LogP contribution in [0.4, 0.5) is 0 Å². The van der Waals surface area contributed by atoms with Crippen LogP contribution < -0.4 is 4.74 Å². The highest BCUT2D eigenvalue weighted by atomic mass is 32.1. The van der Waals surface area contributed by atoms with Crippen LogP contribution in [-0.4, -0.2) is 24.3 Å². The summed E-state index contributed by atoms with van der Waals surface area (Å²) in [5.74, 6) is 1.12. The Morgan fingerprint density at radius 3 is 2.95 bits per heavy atom. The zero-order chi connectivity index (χ0) is 15.5. The molecule has 0 spiro atoms. The molecule has 2 heterocycles. The van der Waals surface area contributed by atoms with Crippen LogP contribution in [0.3, 0.4) is 0 Å². The third kappa shape index (κ3) is 3.08. The van der Waals surface area contributed by atoms with E-state index in [4.69, 9.17) is 4.74 Å². The maximum absolute atomic E-state index is 11.4. The third-order valence-electron chi connectivity index (χ3n) is 4.25. The molecule has 0 amide bonds. The van der Waals surface area contributed by atoms with Gasteiger partial charge in [0.15, 0.2) is 5.78 Å². The van der Waals surface area contributed by atoms with Crippen molar-refractivity contribution >= 4 is 17.1 Å². The second-order valence-corrected chi connectivity index (χ2v) is 6.66. The van der Waals surface area contributed by atoms with Gasteiger partial charge in [-0.2, -0.15) is 0 Å². The van der Waals surface area contributed by atoms with Crippen molar-refractivity contribution in [3.8, 4) is 5.75 Å². The number of carbonyl (C=O) groups is 1. The second-order valence-electron chi connectivity index (χ2n) is 5.75. The van der Waals surface area contributed by atoms with Gasteiger partial charge in [0.2, 0.25) is 0 Å². The van der Waals surface area contributed by atoms with Gasteiger partial charge in [0, 0.05) is 18.2 Å². The highest BCUT2D eigenvalue weighted by Crippen LogP contribution is 2.37. The smallest absolute Gasteiger partial charge is 0.169 e. The quantitative estimate of drug-likeness (QED) is 0.771. The molecule has 3 rings (SSSR count). The Morgan fingerprint density at radius 2 is 2.23 bits per heavy atom. The zero-order valence-electron chi connectivity index (χ0n) is 13.0. The number of hydrogen-bond donors (Lipinski definition) is 0. The fraction of sp³-hybridized carbons (Fsp3) is 0.389. The SMILES string of the molecule is COc1ccccc1C1CCCN1Cc1csc(C(C)=O)c1. The van der Waals surface area contributed by atoms with Gasteiger partial charge in [0.25, 0.3) is 0 Å². The van der Waals surface area contributed by atoms with Crippen molar-refractivity contribution in [2.24, 2.45) is 0 Å². The second kappa shape index (κ2) is 6.63. The number of hydrogen-bond acceptors (Lipinski definition) is 4. The Bertz CT molecular complexity index is 665. The van der Waals surface area contributed by atoms with Crippen molar-refractivity contribution in [2.75, 3.05) is 13.7 Å². The molecule has 22 heavy (non-hydrogen) atoms. The summed E-state index contributed by atoms with van der Waals surface area (Å²) in [5.41, 5.74) is 2.50. The largest absolute Gasteiger partial charge is 0.496 e. The summed E-state index contributed by atoms with van der Waals surface area (Å²) in [6, 6.07) is 10.7. The van der Waals surface area contributed by atoms with Gasteiger partial charge in [-0.1, -0.05) is 18.2 Å². The summed E-state index contributed by atoms with van der Waals surface area (Å²) in [5, 5.41) is 2.11. The summed E-state index contributed by atoms with van der Waals surface area (Å²) in [4.78, 5) is 14.8. The molecule has 1 aliphatic rings. The van der Waals surface area contributed by atoms with Crippen LogP contribution in [0.2, 0.25) is 0 Å². The Kier molecular flexibility index (Phi) is 4.60. The number of methoxy groups -OCH3 is 1. The number of likely N-dealkylation sites (tertiary alicyclic amines) is 1. The van der Waals surface area contributed by atoms with E-state index in [1.807, 2.05) is 18.2 Å². The van der Waals surface area contributed by atoms with Gasteiger partial charge in [0.05, 0.1) is 12.0 Å². The maximum Gasteiger partial charge on any atom is 0.169 e. The van der Waals surface area contributed by atoms with Gasteiger partial charge in [-0.05, 0) is 49.4 Å². The third-order valence-corrected chi connectivity index (χ3v) is 5.33. The number of nitrogens with zero attached hydrogens (tertiary/aromatic N) is 1. The van der Waals surface area contributed by atoms with Crippen LogP contribution in [0.25, 0.3) is 0 Å². The lowest BCUT2D eigenvalue weighted by molar-refractivity contribution is 0.102. The molecule has 0 bridgehead atoms. The average molecular weight is 315 g/mol. The van der Waals surface area contributed by atoms with Crippen LogP contribution >= 0.6 is 11.3 Å². The predicted molar refractivity (Wildman–Crippen MR) is 89.7 cm³/mol. The summed E-state index contributed by atoms with van der Waals surface area (Å²) in [6.07, 6.45) is 2.36. The minimum atomic E-state index is 0.152. The van der Waals surface area contributed by atoms with Gasteiger partial charge in [-0.3, -0.25) is 9.69 Å². The highest BCUT2D eigenvalue weighted by molar-refractivity contribution is 7.12. The van der Waals surface area contributed by atoms with Gasteiger partial charge >= 0.3 is 0 Å². The summed E-state index contributed by atoms with van der Waals surface area (Å²) in [7, 11) is 1.73. The molecule has 1 atom stereocenters. The lowest BCUT2D eigenvalue weighted by atomic mass is 10.0. The Morgan fingerprint density at radius 1 is 1.41 bits per heavy atom. The first kappa shape index (κ1) is 15.3. The van der Waals surface area contributed by atoms with Gasteiger partial charge < -0.3 is 4.74 Å². The molecular weight excluding hydrogens is 294 g/mol. The van der Waals surface area contributed by atoms with Crippen molar-refractivity contribution in [3.05, 3.63) is 51.7 Å². The van der Waals surface area contributed by atoms with E-state index in [-0.39, 0.29) is 5.78 Å². The molecule has 0 radical (unpaired) electrons. The fourth-order valence-electron chi connectivity index (χ4n) is 3.19. The topological polar surface area (TPSA) is 29.5 Å². The predicted octanol–water partition coefficient (Wildman–Crippen LogP) is 4.30. The fourth-order valence-corrected chi connectivity index (χ4v) is 3.99. The number of rotatable bonds is 5. The van der Waals surface area contributed by atoms with Gasteiger partial charge in [0.1, 0.15) is 5.75 Å². The van der Waals surface area contributed by atoms with Crippen LogP contribution in [-0.2, 0) is 6.54 Å². The van der Waals surface area contributed by atoms with Gasteiger partial charge in [-0.25, -0.2) is 0 Å². The zero-order valence-corrected chi connectivity index (χ0v) is 13.9. The van der Waals surface area contributed by atoms with Crippen LogP contribution in [0.5, 0.6) is 5.75 Å². The van der Waals surface area contributed by atoms with E-state index >= 15 is 0 Å². The van der Waals surface area contributed by atoms with E-state index in [1.165, 1.54) is 17.5 Å². The molecule has 1 saturated heterocycles. The Balaban J connectivity index is 1.79. The van der Waals surface area contributed by atoms with E-state index in [0.29, 0.717) is 6.04 Å². The standard InChI is InChI=1S/C18H21NO2S/c1-13(20)18-10-14(12-22-18)11-19-9-5-7-16(19)15-6-3-4-8-17(15)21-2/h3-4,6,8,10,12,16H,5,7,9,11H2,1-2H3. The van der Waals surface area contributed by atoms with Crippen molar-refractivity contribution in [1.29, 1.82) is 0 Å². The van der Waals surface area contributed by atoms with E-state index in [2.05, 4.69) is 22.4 Å². The van der Waals surface area contributed by atoms with E-state index in [1.54, 1.807) is 25.4 Å². The number of benzene rings is 1. The van der Waals surface area contributed by atoms with Crippen LogP contribution in [0, 0.1) is 0 Å². The molecule has 0 aliphatic carbocycles. The normalized spacial score (nSPS) is 18.5. The van der Waals surface area contributed by atoms with E-state index in [9.17, 15) is 4.79 Å². The molecule has 3 nitrogen and oxygen atoms in total.